The Morgan fingerprint density at radius 2 is 2.14 bits per heavy atom. The van der Waals surface area contributed by atoms with Crippen molar-refractivity contribution < 1.29 is 9.53 Å². The molecule has 0 bridgehead atoms. The SMILES string of the molecule is N#Cc1cnc(C(=O)Nc2ccc(C3CCOCC3)cc2C2=CCCCC2)[nH]1. The van der Waals surface area contributed by atoms with E-state index in [9.17, 15) is 4.79 Å². The number of ether oxygens (including phenoxy) is 1. The number of hydrogen-bond acceptors (Lipinski definition) is 4. The molecule has 2 N–H and O–H groups in total. The van der Waals surface area contributed by atoms with Gasteiger partial charge in [-0.25, -0.2) is 4.98 Å². The average molecular weight is 376 g/mol. The van der Waals surface area contributed by atoms with Crippen LogP contribution in [0.5, 0.6) is 0 Å². The van der Waals surface area contributed by atoms with Crippen LogP contribution in [0.4, 0.5) is 5.69 Å². The van der Waals surface area contributed by atoms with Crippen LogP contribution in [0, 0.1) is 11.3 Å². The Labute approximate surface area is 164 Å². The van der Waals surface area contributed by atoms with E-state index >= 15 is 0 Å². The summed E-state index contributed by atoms with van der Waals surface area (Å²) >= 11 is 0. The second-order valence-electron chi connectivity index (χ2n) is 7.38. The van der Waals surface area contributed by atoms with Crippen LogP contribution >= 0.6 is 0 Å². The van der Waals surface area contributed by atoms with E-state index in [2.05, 4.69) is 33.5 Å². The lowest BCUT2D eigenvalue weighted by Gasteiger charge is -2.24. The van der Waals surface area contributed by atoms with E-state index in [-0.39, 0.29) is 17.4 Å². The highest BCUT2D eigenvalue weighted by Crippen LogP contribution is 2.36. The molecule has 0 atom stereocenters. The van der Waals surface area contributed by atoms with Gasteiger partial charge in [0.25, 0.3) is 5.91 Å². The molecule has 0 spiro atoms. The highest BCUT2D eigenvalue weighted by molar-refractivity contribution is 6.03. The highest BCUT2D eigenvalue weighted by atomic mass is 16.5. The van der Waals surface area contributed by atoms with Gasteiger partial charge in [-0.15, -0.1) is 0 Å². The fraction of sp³-hybridized carbons (Fsp3) is 0.409. The molecule has 6 nitrogen and oxygen atoms in total. The molecule has 1 aromatic carbocycles. The number of aromatic amines is 1. The van der Waals surface area contributed by atoms with Gasteiger partial charge in [0, 0.05) is 24.5 Å². The summed E-state index contributed by atoms with van der Waals surface area (Å²) < 4.78 is 5.50. The first-order chi connectivity index (χ1) is 13.7. The second kappa shape index (κ2) is 8.41. The van der Waals surface area contributed by atoms with Crippen LogP contribution in [0.3, 0.4) is 0 Å². The number of hydrogen-bond donors (Lipinski definition) is 2. The van der Waals surface area contributed by atoms with Crippen LogP contribution < -0.4 is 5.32 Å². The number of nitrogens with zero attached hydrogens (tertiary/aromatic N) is 2. The van der Waals surface area contributed by atoms with Crippen molar-refractivity contribution in [2.75, 3.05) is 18.5 Å². The summed E-state index contributed by atoms with van der Waals surface area (Å²) in [4.78, 5) is 19.3. The number of rotatable bonds is 4. The van der Waals surface area contributed by atoms with Crippen LogP contribution in [0.2, 0.25) is 0 Å². The molecule has 6 heteroatoms. The molecule has 1 aliphatic heterocycles. The smallest absolute Gasteiger partial charge is 0.291 e. The van der Waals surface area contributed by atoms with Crippen molar-refractivity contribution in [3.63, 3.8) is 0 Å². The van der Waals surface area contributed by atoms with Gasteiger partial charge in [0.1, 0.15) is 11.8 Å². The minimum Gasteiger partial charge on any atom is -0.381 e. The lowest BCUT2D eigenvalue weighted by Crippen LogP contribution is -2.17. The van der Waals surface area contributed by atoms with E-state index in [0.29, 0.717) is 5.92 Å². The molecular formula is C22H24N4O2. The predicted octanol–water partition coefficient (Wildman–Crippen LogP) is 4.39. The van der Waals surface area contributed by atoms with Gasteiger partial charge in [-0.2, -0.15) is 5.26 Å². The highest BCUT2D eigenvalue weighted by Gasteiger charge is 2.20. The molecule has 1 saturated heterocycles. The number of carbonyl (C=O) groups excluding carboxylic acids is 1. The first kappa shape index (κ1) is 18.5. The maximum Gasteiger partial charge on any atom is 0.291 e. The first-order valence-corrected chi connectivity index (χ1v) is 9.92. The van der Waals surface area contributed by atoms with Crippen molar-refractivity contribution in [1.82, 2.24) is 9.97 Å². The van der Waals surface area contributed by atoms with Crippen LogP contribution in [0.15, 0.2) is 30.5 Å². The Morgan fingerprint density at radius 3 is 2.86 bits per heavy atom. The minimum atomic E-state index is -0.335. The average Bonchev–Trinajstić information content (AvgIpc) is 3.25. The zero-order valence-electron chi connectivity index (χ0n) is 15.8. The third kappa shape index (κ3) is 4.00. The topological polar surface area (TPSA) is 90.8 Å². The Morgan fingerprint density at radius 1 is 1.29 bits per heavy atom. The van der Waals surface area contributed by atoms with Crippen LogP contribution in [0.1, 0.15) is 71.9 Å². The van der Waals surface area contributed by atoms with Gasteiger partial charge in [-0.1, -0.05) is 12.1 Å². The Kier molecular flexibility index (Phi) is 5.54. The fourth-order valence-electron chi connectivity index (χ4n) is 3.98. The van der Waals surface area contributed by atoms with E-state index in [4.69, 9.17) is 10.00 Å². The molecule has 4 rings (SSSR count). The van der Waals surface area contributed by atoms with Gasteiger partial charge >= 0.3 is 0 Å². The van der Waals surface area contributed by atoms with Crippen molar-refractivity contribution >= 4 is 17.2 Å². The van der Waals surface area contributed by atoms with E-state index in [1.165, 1.54) is 30.2 Å². The Hall–Kier alpha value is -2.91. The molecule has 1 amide bonds. The number of nitriles is 1. The Bertz CT molecular complexity index is 932. The molecule has 0 unspecified atom stereocenters. The number of carbonyl (C=O) groups is 1. The second-order valence-corrected chi connectivity index (χ2v) is 7.38. The molecule has 1 fully saturated rings. The zero-order chi connectivity index (χ0) is 19.3. The van der Waals surface area contributed by atoms with Crippen molar-refractivity contribution in [3.05, 3.63) is 53.1 Å². The molecule has 1 aliphatic carbocycles. The summed E-state index contributed by atoms with van der Waals surface area (Å²) in [5, 5.41) is 11.9. The zero-order valence-corrected chi connectivity index (χ0v) is 15.8. The number of allylic oxidation sites excluding steroid dienone is 2. The van der Waals surface area contributed by atoms with Crippen molar-refractivity contribution in [2.45, 2.75) is 44.4 Å². The molecular weight excluding hydrogens is 352 g/mol. The standard InChI is InChI=1S/C22H24N4O2/c23-13-18-14-24-21(25-18)22(27)26-20-7-6-17(15-8-10-28-11-9-15)12-19(20)16-4-2-1-3-5-16/h4,6-7,12,14-15H,1-3,5,8-11H2,(H,24,25)(H,26,27). The summed E-state index contributed by atoms with van der Waals surface area (Å²) in [7, 11) is 0. The number of H-pyrrole nitrogens is 1. The maximum absolute atomic E-state index is 12.6. The summed E-state index contributed by atoms with van der Waals surface area (Å²) in [5.74, 6) is 0.316. The summed E-state index contributed by atoms with van der Waals surface area (Å²) in [6.45, 7) is 1.61. The van der Waals surface area contributed by atoms with Gasteiger partial charge in [-0.05, 0) is 67.7 Å². The quantitative estimate of drug-likeness (QED) is 0.828. The van der Waals surface area contributed by atoms with Gasteiger partial charge in [0.05, 0.1) is 6.20 Å². The number of aromatic nitrogens is 2. The van der Waals surface area contributed by atoms with Crippen molar-refractivity contribution in [1.29, 1.82) is 5.26 Å². The largest absolute Gasteiger partial charge is 0.381 e. The lowest BCUT2D eigenvalue weighted by atomic mass is 9.86. The molecule has 144 valence electrons. The number of nitrogens with one attached hydrogen (secondary N) is 2. The van der Waals surface area contributed by atoms with E-state index in [1.807, 2.05) is 12.1 Å². The normalized spacial score (nSPS) is 17.6. The first-order valence-electron chi connectivity index (χ1n) is 9.92. The van der Waals surface area contributed by atoms with Crippen LogP contribution in [0.25, 0.3) is 5.57 Å². The minimum absolute atomic E-state index is 0.147. The number of anilines is 1. The third-order valence-electron chi connectivity index (χ3n) is 5.53. The molecule has 2 aliphatic rings. The monoisotopic (exact) mass is 376 g/mol. The third-order valence-corrected chi connectivity index (χ3v) is 5.53. The maximum atomic E-state index is 12.6. The van der Waals surface area contributed by atoms with E-state index in [1.54, 1.807) is 0 Å². The number of imidazole rings is 1. The molecule has 0 saturated carbocycles. The number of benzene rings is 1. The van der Waals surface area contributed by atoms with E-state index in [0.717, 1.165) is 50.1 Å². The molecule has 0 radical (unpaired) electrons. The molecule has 2 heterocycles. The summed E-state index contributed by atoms with van der Waals surface area (Å²) in [6.07, 6.45) is 10.2. The van der Waals surface area contributed by atoms with Crippen LogP contribution in [-0.2, 0) is 4.74 Å². The predicted molar refractivity (Wildman–Crippen MR) is 107 cm³/mol. The lowest BCUT2D eigenvalue weighted by molar-refractivity contribution is 0.0853. The Balaban J connectivity index is 1.64. The summed E-state index contributed by atoms with van der Waals surface area (Å²) in [5.41, 5.74) is 4.78. The summed E-state index contributed by atoms with van der Waals surface area (Å²) in [6, 6.07) is 8.31. The molecule has 2 aromatic rings. The number of amides is 1. The van der Waals surface area contributed by atoms with E-state index < -0.39 is 0 Å². The van der Waals surface area contributed by atoms with Crippen molar-refractivity contribution in [3.8, 4) is 6.07 Å². The fourth-order valence-corrected chi connectivity index (χ4v) is 3.98. The van der Waals surface area contributed by atoms with Crippen molar-refractivity contribution in [2.24, 2.45) is 0 Å². The van der Waals surface area contributed by atoms with Gasteiger partial charge < -0.3 is 15.0 Å². The van der Waals surface area contributed by atoms with Gasteiger partial charge in [0.15, 0.2) is 5.82 Å². The van der Waals surface area contributed by atoms with Crippen LogP contribution in [-0.4, -0.2) is 29.1 Å². The molecule has 1 aromatic heterocycles. The molecule has 28 heavy (non-hydrogen) atoms. The van der Waals surface area contributed by atoms with Gasteiger partial charge in [0.2, 0.25) is 0 Å². The van der Waals surface area contributed by atoms with Gasteiger partial charge in [-0.3, -0.25) is 4.79 Å².